The highest BCUT2D eigenvalue weighted by molar-refractivity contribution is 7.92. The van der Waals surface area contributed by atoms with E-state index in [0.717, 1.165) is 24.0 Å². The Bertz CT molecular complexity index is 970. The largest absolute Gasteiger partial charge is 0.380 e. The van der Waals surface area contributed by atoms with Crippen molar-refractivity contribution in [3.8, 4) is 0 Å². The second-order valence-electron chi connectivity index (χ2n) is 7.50. The lowest BCUT2D eigenvalue weighted by Gasteiger charge is -2.28. The molecule has 0 saturated carbocycles. The van der Waals surface area contributed by atoms with Gasteiger partial charge in [-0.15, -0.1) is 0 Å². The molecule has 7 nitrogen and oxygen atoms in total. The number of carbonyl (C=O) groups excluding carboxylic acids is 1. The molecule has 154 valence electrons. The first-order chi connectivity index (χ1) is 14.0. The number of nitrogens with zero attached hydrogens (tertiary/aromatic N) is 2. The van der Waals surface area contributed by atoms with Crippen LogP contribution in [0.4, 0.5) is 4.79 Å². The number of hydrogen-bond donors (Lipinski definition) is 1. The molecular formula is C21H25N3O4S. The fourth-order valence-electron chi connectivity index (χ4n) is 3.78. The molecule has 0 radical (unpaired) electrons. The number of benzene rings is 1. The van der Waals surface area contributed by atoms with Crippen LogP contribution in [0.2, 0.25) is 0 Å². The second-order valence-corrected chi connectivity index (χ2v) is 9.73. The van der Waals surface area contributed by atoms with Crippen LogP contribution < -0.4 is 5.32 Å². The van der Waals surface area contributed by atoms with Crippen molar-refractivity contribution in [1.29, 1.82) is 0 Å². The number of hydrogen-bond acceptors (Lipinski definition) is 5. The van der Waals surface area contributed by atoms with E-state index in [1.165, 1.54) is 5.56 Å². The first-order valence-electron chi connectivity index (χ1n) is 9.89. The number of sulfone groups is 1. The summed E-state index contributed by atoms with van der Waals surface area (Å²) in [5, 5.41) is 2.45. The molecule has 1 unspecified atom stereocenters. The number of carbonyl (C=O) groups is 1. The van der Waals surface area contributed by atoms with E-state index in [-0.39, 0.29) is 12.6 Å². The van der Waals surface area contributed by atoms with Crippen molar-refractivity contribution in [2.45, 2.75) is 42.5 Å². The van der Waals surface area contributed by atoms with Crippen LogP contribution in [0.15, 0.2) is 47.6 Å². The van der Waals surface area contributed by atoms with Crippen molar-refractivity contribution in [1.82, 2.24) is 15.2 Å². The molecule has 1 aromatic carbocycles. The van der Waals surface area contributed by atoms with Crippen molar-refractivity contribution in [2.24, 2.45) is 0 Å². The van der Waals surface area contributed by atoms with Gasteiger partial charge in [-0.25, -0.2) is 13.2 Å². The Balaban J connectivity index is 1.34. The Morgan fingerprint density at radius 1 is 1.21 bits per heavy atom. The summed E-state index contributed by atoms with van der Waals surface area (Å²) in [6, 6.07) is 8.59. The molecule has 2 aromatic rings. The van der Waals surface area contributed by atoms with Gasteiger partial charge in [0.1, 0.15) is 0 Å². The molecular weight excluding hydrogens is 390 g/mol. The number of aromatic nitrogens is 1. The van der Waals surface area contributed by atoms with Gasteiger partial charge in [0.15, 0.2) is 9.84 Å². The molecule has 1 N–H and O–H groups in total. The third kappa shape index (κ3) is 4.43. The normalized spacial score (nSPS) is 19.4. The van der Waals surface area contributed by atoms with Crippen LogP contribution >= 0.6 is 0 Å². The van der Waals surface area contributed by atoms with Gasteiger partial charge in [0, 0.05) is 38.6 Å². The minimum atomic E-state index is -3.38. The van der Waals surface area contributed by atoms with Gasteiger partial charge in [-0.05, 0) is 54.2 Å². The van der Waals surface area contributed by atoms with E-state index < -0.39 is 15.1 Å². The van der Waals surface area contributed by atoms with Crippen LogP contribution in [-0.2, 0) is 34.1 Å². The Hall–Kier alpha value is -2.45. The van der Waals surface area contributed by atoms with Crippen LogP contribution in [0.25, 0.3) is 0 Å². The van der Waals surface area contributed by atoms with E-state index in [4.69, 9.17) is 4.74 Å². The Morgan fingerprint density at radius 2 is 2.03 bits per heavy atom. The fraction of sp³-hybridized carbons (Fsp3) is 0.429. The number of amides is 2. The van der Waals surface area contributed by atoms with Crippen molar-refractivity contribution in [2.75, 3.05) is 19.8 Å². The lowest BCUT2D eigenvalue weighted by Crippen LogP contribution is -2.42. The quantitative estimate of drug-likeness (QED) is 0.828. The number of fused-ring (bicyclic) bond motifs is 1. The molecule has 0 aliphatic carbocycles. The lowest BCUT2D eigenvalue weighted by atomic mass is 10.0. The van der Waals surface area contributed by atoms with Crippen molar-refractivity contribution in [3.05, 3.63) is 59.4 Å². The molecule has 4 rings (SSSR count). The van der Waals surface area contributed by atoms with Gasteiger partial charge in [0.2, 0.25) is 0 Å². The van der Waals surface area contributed by atoms with Gasteiger partial charge in [0.25, 0.3) is 0 Å². The maximum atomic E-state index is 12.7. The predicted molar refractivity (Wildman–Crippen MR) is 108 cm³/mol. The molecule has 2 aliphatic rings. The first-order valence-corrected chi connectivity index (χ1v) is 11.4. The molecule has 2 amide bonds. The fourth-order valence-corrected chi connectivity index (χ4v) is 5.44. The number of rotatable bonds is 4. The van der Waals surface area contributed by atoms with Gasteiger partial charge < -0.3 is 15.0 Å². The summed E-state index contributed by atoms with van der Waals surface area (Å²) in [5.74, 6) is 0. The topological polar surface area (TPSA) is 88.6 Å². The van der Waals surface area contributed by atoms with E-state index in [0.29, 0.717) is 37.6 Å². The summed E-state index contributed by atoms with van der Waals surface area (Å²) >= 11 is 0. The molecule has 0 spiro atoms. The zero-order valence-corrected chi connectivity index (χ0v) is 17.0. The van der Waals surface area contributed by atoms with Gasteiger partial charge >= 0.3 is 6.03 Å². The minimum absolute atomic E-state index is 0.122. The zero-order chi connectivity index (χ0) is 20.3. The SMILES string of the molecule is O=C(NCc1ccc(S(=O)(=O)C2CCCOC2)cc1)N1CCc2cnccc2C1. The number of nitrogens with one attached hydrogen (secondary N) is 1. The molecule has 1 fully saturated rings. The molecule has 1 atom stereocenters. The number of urea groups is 1. The van der Waals surface area contributed by atoms with Gasteiger partial charge in [-0.2, -0.15) is 0 Å². The smallest absolute Gasteiger partial charge is 0.317 e. The summed E-state index contributed by atoms with van der Waals surface area (Å²) in [7, 11) is -3.38. The summed E-state index contributed by atoms with van der Waals surface area (Å²) in [5.41, 5.74) is 3.18. The van der Waals surface area contributed by atoms with E-state index in [1.54, 1.807) is 35.4 Å². The molecule has 2 aliphatic heterocycles. The van der Waals surface area contributed by atoms with E-state index >= 15 is 0 Å². The zero-order valence-electron chi connectivity index (χ0n) is 16.2. The monoisotopic (exact) mass is 415 g/mol. The van der Waals surface area contributed by atoms with Crippen LogP contribution in [0.5, 0.6) is 0 Å². The van der Waals surface area contributed by atoms with Crippen molar-refractivity contribution in [3.63, 3.8) is 0 Å². The maximum absolute atomic E-state index is 12.7. The van der Waals surface area contributed by atoms with Crippen molar-refractivity contribution < 1.29 is 17.9 Å². The molecule has 8 heteroatoms. The van der Waals surface area contributed by atoms with Crippen molar-refractivity contribution >= 4 is 15.9 Å². The average molecular weight is 416 g/mol. The summed E-state index contributed by atoms with van der Waals surface area (Å²) < 4.78 is 30.7. The summed E-state index contributed by atoms with van der Waals surface area (Å²) in [6.45, 7) is 2.47. The third-order valence-electron chi connectivity index (χ3n) is 5.56. The maximum Gasteiger partial charge on any atom is 0.317 e. The summed E-state index contributed by atoms with van der Waals surface area (Å²) in [4.78, 5) is 18.7. The van der Waals surface area contributed by atoms with E-state index in [2.05, 4.69) is 10.3 Å². The van der Waals surface area contributed by atoms with Gasteiger partial charge in [-0.1, -0.05) is 12.1 Å². The predicted octanol–water partition coefficient (Wildman–Crippen LogP) is 2.30. The molecule has 0 bridgehead atoms. The number of pyridine rings is 1. The average Bonchev–Trinajstić information content (AvgIpc) is 2.78. The highest BCUT2D eigenvalue weighted by atomic mass is 32.2. The Morgan fingerprint density at radius 3 is 2.79 bits per heavy atom. The minimum Gasteiger partial charge on any atom is -0.380 e. The molecule has 1 aromatic heterocycles. The highest BCUT2D eigenvalue weighted by Crippen LogP contribution is 2.23. The molecule has 1 saturated heterocycles. The third-order valence-corrected chi connectivity index (χ3v) is 7.74. The lowest BCUT2D eigenvalue weighted by molar-refractivity contribution is 0.0991. The van der Waals surface area contributed by atoms with Gasteiger partial charge in [0.05, 0.1) is 16.8 Å². The first kappa shape index (κ1) is 19.8. The van der Waals surface area contributed by atoms with E-state index in [9.17, 15) is 13.2 Å². The van der Waals surface area contributed by atoms with Crippen LogP contribution in [0, 0.1) is 0 Å². The summed E-state index contributed by atoms with van der Waals surface area (Å²) in [6.07, 6.45) is 5.81. The van der Waals surface area contributed by atoms with E-state index in [1.807, 2.05) is 12.3 Å². The van der Waals surface area contributed by atoms with Crippen LogP contribution in [-0.4, -0.2) is 49.3 Å². The number of ether oxygens (including phenoxy) is 1. The standard InChI is InChI=1S/C21H25N3O4S/c25-21(24-10-8-17-13-22-9-7-18(17)14-24)23-12-16-3-5-19(6-4-16)29(26,27)20-2-1-11-28-15-20/h3-7,9,13,20H,1-2,8,10-12,14-15H2,(H,23,25). The second kappa shape index (κ2) is 8.51. The molecule has 29 heavy (non-hydrogen) atoms. The Kier molecular flexibility index (Phi) is 5.82. The van der Waals surface area contributed by atoms with Crippen LogP contribution in [0.3, 0.4) is 0 Å². The highest BCUT2D eigenvalue weighted by Gasteiger charge is 2.29. The Labute approximate surface area is 171 Å². The molecule has 3 heterocycles. The van der Waals surface area contributed by atoms with Crippen LogP contribution in [0.1, 0.15) is 29.5 Å². The van der Waals surface area contributed by atoms with Gasteiger partial charge in [-0.3, -0.25) is 4.98 Å².